The molecule has 0 radical (unpaired) electrons. The molecule has 7 heteroatoms. The number of pyridine rings is 1. The zero-order chi connectivity index (χ0) is 17.6. The number of hydrogen-bond acceptors (Lipinski definition) is 4. The molecule has 3 heterocycles. The van der Waals surface area contributed by atoms with Gasteiger partial charge in [-0.15, -0.1) is 0 Å². The predicted octanol–water partition coefficient (Wildman–Crippen LogP) is 1.78. The van der Waals surface area contributed by atoms with Gasteiger partial charge in [-0.2, -0.15) is 5.10 Å². The zero-order valence-electron chi connectivity index (χ0n) is 15.1. The van der Waals surface area contributed by atoms with Crippen molar-refractivity contribution in [2.45, 2.75) is 25.8 Å². The van der Waals surface area contributed by atoms with Crippen LogP contribution in [0.25, 0.3) is 0 Å². The molecule has 1 aliphatic heterocycles. The molecule has 1 atom stereocenters. The van der Waals surface area contributed by atoms with Crippen molar-refractivity contribution >= 4 is 5.96 Å². The number of rotatable bonds is 5. The fourth-order valence-electron chi connectivity index (χ4n) is 3.09. The normalized spacial score (nSPS) is 17.8. The standard InChI is InChI=1S/C18H26N6O/c1-4-19-18(21-10-14-5-6-17(25-3)20-9-14)24-8-7-15(13-24)16-11-22-23(2)12-16/h5-6,9,11-12,15H,4,7-8,10,13H2,1-3H3,(H,19,21). The summed E-state index contributed by atoms with van der Waals surface area (Å²) in [6, 6.07) is 3.87. The van der Waals surface area contributed by atoms with Crippen LogP contribution in [0.3, 0.4) is 0 Å². The number of ether oxygens (including phenoxy) is 1. The molecule has 2 aromatic rings. The highest BCUT2D eigenvalue weighted by Crippen LogP contribution is 2.26. The minimum absolute atomic E-state index is 0.514. The van der Waals surface area contributed by atoms with Gasteiger partial charge in [0.1, 0.15) is 0 Å². The van der Waals surface area contributed by atoms with Gasteiger partial charge in [-0.05, 0) is 24.5 Å². The molecule has 1 saturated heterocycles. The van der Waals surface area contributed by atoms with Crippen molar-refractivity contribution in [2.75, 3.05) is 26.7 Å². The van der Waals surface area contributed by atoms with Gasteiger partial charge in [0, 0.05) is 51.1 Å². The Bertz CT molecular complexity index is 709. The van der Waals surface area contributed by atoms with E-state index in [-0.39, 0.29) is 0 Å². The molecular weight excluding hydrogens is 316 g/mol. The summed E-state index contributed by atoms with van der Waals surface area (Å²) < 4.78 is 6.96. The second-order valence-electron chi connectivity index (χ2n) is 6.26. The predicted molar refractivity (Wildman–Crippen MR) is 97.7 cm³/mol. The van der Waals surface area contributed by atoms with Crippen LogP contribution in [0.15, 0.2) is 35.7 Å². The van der Waals surface area contributed by atoms with E-state index < -0.39 is 0 Å². The Morgan fingerprint density at radius 2 is 2.28 bits per heavy atom. The molecule has 1 aliphatic rings. The van der Waals surface area contributed by atoms with Gasteiger partial charge >= 0.3 is 0 Å². The first-order chi connectivity index (χ1) is 12.2. The number of nitrogens with one attached hydrogen (secondary N) is 1. The minimum Gasteiger partial charge on any atom is -0.481 e. The molecule has 3 rings (SSSR count). The smallest absolute Gasteiger partial charge is 0.212 e. The monoisotopic (exact) mass is 342 g/mol. The van der Waals surface area contributed by atoms with Gasteiger partial charge in [0.15, 0.2) is 5.96 Å². The van der Waals surface area contributed by atoms with Crippen LogP contribution in [-0.4, -0.2) is 52.4 Å². The summed E-state index contributed by atoms with van der Waals surface area (Å²) in [6.45, 7) is 5.53. The number of likely N-dealkylation sites (tertiary alicyclic amines) is 1. The van der Waals surface area contributed by atoms with E-state index >= 15 is 0 Å². The van der Waals surface area contributed by atoms with E-state index in [2.05, 4.69) is 33.4 Å². The van der Waals surface area contributed by atoms with Crippen LogP contribution < -0.4 is 10.1 Å². The van der Waals surface area contributed by atoms with Crippen LogP contribution in [0.5, 0.6) is 5.88 Å². The Morgan fingerprint density at radius 1 is 1.40 bits per heavy atom. The first-order valence-electron chi connectivity index (χ1n) is 8.70. The van der Waals surface area contributed by atoms with E-state index in [1.165, 1.54) is 5.56 Å². The Kier molecular flexibility index (Phi) is 5.53. The SMILES string of the molecule is CCNC(=NCc1ccc(OC)nc1)N1CCC(c2cnn(C)c2)C1. The van der Waals surface area contributed by atoms with E-state index in [4.69, 9.17) is 9.73 Å². The highest BCUT2D eigenvalue weighted by atomic mass is 16.5. The maximum absolute atomic E-state index is 5.10. The molecule has 2 aromatic heterocycles. The summed E-state index contributed by atoms with van der Waals surface area (Å²) in [7, 11) is 3.58. The molecule has 1 fully saturated rings. The molecule has 0 bridgehead atoms. The molecule has 1 unspecified atom stereocenters. The number of hydrogen-bond donors (Lipinski definition) is 1. The van der Waals surface area contributed by atoms with Crippen LogP contribution in [0, 0.1) is 0 Å². The molecular formula is C18H26N6O. The Morgan fingerprint density at radius 3 is 2.92 bits per heavy atom. The van der Waals surface area contributed by atoms with Crippen LogP contribution in [0.4, 0.5) is 0 Å². The van der Waals surface area contributed by atoms with Gasteiger partial charge in [0.25, 0.3) is 0 Å². The summed E-state index contributed by atoms with van der Waals surface area (Å²) in [5, 5.41) is 7.70. The van der Waals surface area contributed by atoms with E-state index in [9.17, 15) is 0 Å². The molecule has 0 saturated carbocycles. The number of methoxy groups -OCH3 is 1. The van der Waals surface area contributed by atoms with Crippen LogP contribution in [0.2, 0.25) is 0 Å². The van der Waals surface area contributed by atoms with E-state index in [1.54, 1.807) is 7.11 Å². The van der Waals surface area contributed by atoms with Crippen molar-refractivity contribution in [3.8, 4) is 5.88 Å². The number of aromatic nitrogens is 3. The quantitative estimate of drug-likeness (QED) is 0.663. The van der Waals surface area contributed by atoms with Gasteiger partial charge in [-0.1, -0.05) is 6.07 Å². The van der Waals surface area contributed by atoms with Crippen LogP contribution >= 0.6 is 0 Å². The maximum Gasteiger partial charge on any atom is 0.212 e. The summed E-state index contributed by atoms with van der Waals surface area (Å²) in [6.07, 6.45) is 7.02. The molecule has 0 spiro atoms. The fraction of sp³-hybridized carbons (Fsp3) is 0.500. The lowest BCUT2D eigenvalue weighted by atomic mass is 10.0. The molecule has 1 N–H and O–H groups in total. The average Bonchev–Trinajstić information content (AvgIpc) is 3.28. The van der Waals surface area contributed by atoms with Crippen molar-refractivity contribution < 1.29 is 4.74 Å². The van der Waals surface area contributed by atoms with Gasteiger partial charge in [0.05, 0.1) is 19.9 Å². The first-order valence-corrected chi connectivity index (χ1v) is 8.70. The zero-order valence-corrected chi connectivity index (χ0v) is 15.1. The molecule has 25 heavy (non-hydrogen) atoms. The number of aryl methyl sites for hydroxylation is 1. The number of guanidine groups is 1. The third-order valence-electron chi connectivity index (χ3n) is 4.44. The Balaban J connectivity index is 1.65. The van der Waals surface area contributed by atoms with Crippen LogP contribution in [0.1, 0.15) is 30.4 Å². The Labute approximate surface area is 148 Å². The van der Waals surface area contributed by atoms with E-state index in [1.807, 2.05) is 36.3 Å². The van der Waals surface area contributed by atoms with Crippen molar-refractivity contribution in [3.63, 3.8) is 0 Å². The summed E-state index contributed by atoms with van der Waals surface area (Å²) in [5.41, 5.74) is 2.37. The van der Waals surface area contributed by atoms with Crippen molar-refractivity contribution in [3.05, 3.63) is 41.9 Å². The van der Waals surface area contributed by atoms with E-state index in [0.717, 1.165) is 37.6 Å². The van der Waals surface area contributed by atoms with Crippen molar-refractivity contribution in [1.82, 2.24) is 25.0 Å². The largest absolute Gasteiger partial charge is 0.481 e. The van der Waals surface area contributed by atoms with Gasteiger partial charge in [-0.3, -0.25) is 4.68 Å². The van der Waals surface area contributed by atoms with Crippen LogP contribution in [-0.2, 0) is 13.6 Å². The van der Waals surface area contributed by atoms with Gasteiger partial charge < -0.3 is 15.0 Å². The van der Waals surface area contributed by atoms with Crippen molar-refractivity contribution in [1.29, 1.82) is 0 Å². The minimum atomic E-state index is 0.514. The lowest BCUT2D eigenvalue weighted by Crippen LogP contribution is -2.40. The average molecular weight is 342 g/mol. The highest BCUT2D eigenvalue weighted by molar-refractivity contribution is 5.80. The lowest BCUT2D eigenvalue weighted by molar-refractivity contribution is 0.397. The van der Waals surface area contributed by atoms with Gasteiger partial charge in [0.2, 0.25) is 5.88 Å². The molecule has 7 nitrogen and oxygen atoms in total. The highest BCUT2D eigenvalue weighted by Gasteiger charge is 2.26. The topological polar surface area (TPSA) is 67.6 Å². The fourth-order valence-corrected chi connectivity index (χ4v) is 3.09. The second kappa shape index (κ2) is 8.00. The molecule has 0 amide bonds. The second-order valence-corrected chi connectivity index (χ2v) is 6.26. The number of aliphatic imine (C=N–C) groups is 1. The van der Waals surface area contributed by atoms with E-state index in [0.29, 0.717) is 18.3 Å². The number of nitrogens with zero attached hydrogens (tertiary/aromatic N) is 5. The Hall–Kier alpha value is -2.57. The third kappa shape index (κ3) is 4.29. The third-order valence-corrected chi connectivity index (χ3v) is 4.44. The van der Waals surface area contributed by atoms with Crippen molar-refractivity contribution in [2.24, 2.45) is 12.0 Å². The molecule has 134 valence electrons. The molecule has 0 aromatic carbocycles. The lowest BCUT2D eigenvalue weighted by Gasteiger charge is -2.21. The summed E-state index contributed by atoms with van der Waals surface area (Å²) in [4.78, 5) is 11.4. The first kappa shape index (κ1) is 17.3. The maximum atomic E-state index is 5.10. The van der Waals surface area contributed by atoms with Gasteiger partial charge in [-0.25, -0.2) is 9.98 Å². The molecule has 0 aliphatic carbocycles. The summed E-state index contributed by atoms with van der Waals surface area (Å²) in [5.74, 6) is 2.10. The summed E-state index contributed by atoms with van der Waals surface area (Å²) >= 11 is 0.